The first-order valence-electron chi connectivity index (χ1n) is 7.22. The van der Waals surface area contributed by atoms with Crippen molar-refractivity contribution < 1.29 is 15.0 Å². The molecule has 1 aromatic heterocycles. The Kier molecular flexibility index (Phi) is 5.35. The zero-order valence-electron chi connectivity index (χ0n) is 11.9. The molecule has 7 heteroatoms. The number of aryl methyl sites for hydroxylation is 1. The Morgan fingerprint density at radius 2 is 1.95 bits per heavy atom. The number of aromatic hydroxyl groups is 1. The molecule has 1 aromatic rings. The molecule has 2 rings (SSSR count). The fourth-order valence-electron chi connectivity index (χ4n) is 2.53. The van der Waals surface area contributed by atoms with E-state index in [4.69, 9.17) is 5.11 Å². The number of hydrogen-bond donors (Lipinski definition) is 5. The first-order chi connectivity index (χ1) is 10.1. The van der Waals surface area contributed by atoms with E-state index in [9.17, 15) is 14.7 Å². The van der Waals surface area contributed by atoms with Crippen LogP contribution in [0, 0.1) is 0 Å². The highest BCUT2D eigenvalue weighted by molar-refractivity contribution is 5.96. The molecular formula is C14H21N3O4. The van der Waals surface area contributed by atoms with Crippen molar-refractivity contribution in [3.8, 4) is 5.75 Å². The largest absolute Gasteiger partial charge is 0.507 e. The van der Waals surface area contributed by atoms with Gasteiger partial charge in [0.15, 0.2) is 0 Å². The number of carbonyl (C=O) groups excluding carboxylic acids is 1. The lowest BCUT2D eigenvalue weighted by molar-refractivity contribution is 0.0949. The van der Waals surface area contributed by atoms with Gasteiger partial charge in [-0.3, -0.25) is 9.59 Å². The summed E-state index contributed by atoms with van der Waals surface area (Å²) in [5, 5.41) is 24.3. The maximum atomic E-state index is 12.0. The molecule has 0 atom stereocenters. The number of fused-ring (bicyclic) bond motifs is 1. The van der Waals surface area contributed by atoms with Gasteiger partial charge in [0, 0.05) is 30.9 Å². The van der Waals surface area contributed by atoms with E-state index in [-0.39, 0.29) is 17.9 Å². The Bertz CT molecular complexity index is 568. The third kappa shape index (κ3) is 3.62. The van der Waals surface area contributed by atoms with Crippen LogP contribution in [0.2, 0.25) is 0 Å². The standard InChI is InChI=1S/C14H21N3O4/c18-8-7-15-5-6-16-13(20)11-12(19)9-3-1-2-4-10(9)17-14(11)21/h15,18H,1-8H2,(H,16,20)(H2,17,19,21). The molecule has 0 spiro atoms. The van der Waals surface area contributed by atoms with E-state index < -0.39 is 11.5 Å². The van der Waals surface area contributed by atoms with Crippen molar-refractivity contribution in [3.05, 3.63) is 27.2 Å². The van der Waals surface area contributed by atoms with Gasteiger partial charge in [0.25, 0.3) is 11.5 Å². The van der Waals surface area contributed by atoms with E-state index in [0.717, 1.165) is 25.0 Å². The number of pyridine rings is 1. The lowest BCUT2D eigenvalue weighted by atomic mass is 9.93. The summed E-state index contributed by atoms with van der Waals surface area (Å²) >= 11 is 0. The van der Waals surface area contributed by atoms with Crippen LogP contribution in [-0.4, -0.2) is 47.3 Å². The van der Waals surface area contributed by atoms with Gasteiger partial charge in [0.2, 0.25) is 0 Å². The van der Waals surface area contributed by atoms with E-state index >= 15 is 0 Å². The summed E-state index contributed by atoms with van der Waals surface area (Å²) < 4.78 is 0. The molecule has 0 aliphatic heterocycles. The first kappa shape index (κ1) is 15.5. The van der Waals surface area contributed by atoms with Crippen molar-refractivity contribution in [2.75, 3.05) is 26.2 Å². The van der Waals surface area contributed by atoms with E-state index in [0.29, 0.717) is 31.6 Å². The number of rotatable bonds is 6. The smallest absolute Gasteiger partial charge is 0.264 e. The Labute approximate surface area is 122 Å². The summed E-state index contributed by atoms with van der Waals surface area (Å²) in [6, 6.07) is 0. The Morgan fingerprint density at radius 3 is 2.71 bits per heavy atom. The lowest BCUT2D eigenvalue weighted by Crippen LogP contribution is -2.36. The van der Waals surface area contributed by atoms with Crippen LogP contribution in [0.15, 0.2) is 4.79 Å². The molecule has 0 unspecified atom stereocenters. The number of aliphatic hydroxyl groups excluding tert-OH is 1. The van der Waals surface area contributed by atoms with Crippen molar-refractivity contribution in [1.82, 2.24) is 15.6 Å². The van der Waals surface area contributed by atoms with Crippen molar-refractivity contribution in [2.45, 2.75) is 25.7 Å². The van der Waals surface area contributed by atoms with Crippen LogP contribution in [0.25, 0.3) is 0 Å². The minimum absolute atomic E-state index is 0.0270. The van der Waals surface area contributed by atoms with Gasteiger partial charge in [-0.1, -0.05) is 0 Å². The maximum Gasteiger partial charge on any atom is 0.264 e. The minimum atomic E-state index is -0.576. The zero-order chi connectivity index (χ0) is 15.2. The number of aliphatic hydroxyl groups is 1. The van der Waals surface area contributed by atoms with E-state index in [1.807, 2.05) is 0 Å². The van der Waals surface area contributed by atoms with Gasteiger partial charge >= 0.3 is 0 Å². The molecule has 116 valence electrons. The lowest BCUT2D eigenvalue weighted by Gasteiger charge is -2.18. The van der Waals surface area contributed by atoms with Crippen LogP contribution in [0.3, 0.4) is 0 Å². The van der Waals surface area contributed by atoms with Gasteiger partial charge in [0.1, 0.15) is 11.3 Å². The van der Waals surface area contributed by atoms with Gasteiger partial charge in [-0.2, -0.15) is 0 Å². The number of carbonyl (C=O) groups is 1. The van der Waals surface area contributed by atoms with Gasteiger partial charge in [-0.25, -0.2) is 0 Å². The molecule has 1 amide bonds. The second kappa shape index (κ2) is 7.24. The third-order valence-corrected chi connectivity index (χ3v) is 3.58. The number of H-pyrrole nitrogens is 1. The number of hydrogen-bond acceptors (Lipinski definition) is 5. The summed E-state index contributed by atoms with van der Waals surface area (Å²) in [7, 11) is 0. The van der Waals surface area contributed by atoms with Crippen LogP contribution < -0.4 is 16.2 Å². The Morgan fingerprint density at radius 1 is 1.19 bits per heavy atom. The van der Waals surface area contributed by atoms with Crippen LogP contribution in [0.5, 0.6) is 5.75 Å². The van der Waals surface area contributed by atoms with Crippen molar-refractivity contribution >= 4 is 5.91 Å². The topological polar surface area (TPSA) is 114 Å². The van der Waals surface area contributed by atoms with Crippen LogP contribution in [-0.2, 0) is 12.8 Å². The molecule has 0 aromatic carbocycles. The summed E-state index contributed by atoms with van der Waals surface area (Å²) in [4.78, 5) is 26.7. The molecule has 21 heavy (non-hydrogen) atoms. The van der Waals surface area contributed by atoms with Gasteiger partial charge < -0.3 is 25.8 Å². The minimum Gasteiger partial charge on any atom is -0.507 e. The molecule has 5 N–H and O–H groups in total. The molecule has 0 saturated carbocycles. The summed E-state index contributed by atoms with van der Waals surface area (Å²) in [5.41, 5.74) is 0.668. The fourth-order valence-corrected chi connectivity index (χ4v) is 2.53. The summed E-state index contributed by atoms with van der Waals surface area (Å²) in [6.45, 7) is 1.27. The van der Waals surface area contributed by atoms with Gasteiger partial charge in [-0.05, 0) is 25.7 Å². The van der Waals surface area contributed by atoms with Crippen molar-refractivity contribution in [1.29, 1.82) is 0 Å². The molecule has 7 nitrogen and oxygen atoms in total. The quantitative estimate of drug-likeness (QED) is 0.444. The number of nitrogens with one attached hydrogen (secondary N) is 3. The molecule has 1 aliphatic carbocycles. The average molecular weight is 295 g/mol. The Balaban J connectivity index is 2.08. The third-order valence-electron chi connectivity index (χ3n) is 3.58. The molecule has 0 saturated heterocycles. The molecule has 1 heterocycles. The highest BCUT2D eigenvalue weighted by Crippen LogP contribution is 2.28. The van der Waals surface area contributed by atoms with E-state index in [2.05, 4.69) is 15.6 Å². The number of aromatic amines is 1. The predicted octanol–water partition coefficient (Wildman–Crippen LogP) is -0.729. The molecule has 1 aliphatic rings. The normalized spacial score (nSPS) is 13.8. The van der Waals surface area contributed by atoms with Crippen molar-refractivity contribution in [2.24, 2.45) is 0 Å². The number of aromatic nitrogens is 1. The summed E-state index contributed by atoms with van der Waals surface area (Å²) in [5.74, 6) is -0.762. The molecule has 0 fully saturated rings. The Hall–Kier alpha value is -1.86. The van der Waals surface area contributed by atoms with E-state index in [1.165, 1.54) is 0 Å². The highest BCUT2D eigenvalue weighted by Gasteiger charge is 2.23. The number of amides is 1. The van der Waals surface area contributed by atoms with Crippen molar-refractivity contribution in [3.63, 3.8) is 0 Å². The monoisotopic (exact) mass is 295 g/mol. The second-order valence-electron chi connectivity index (χ2n) is 5.07. The zero-order valence-corrected chi connectivity index (χ0v) is 11.9. The SMILES string of the molecule is O=C(NCCNCCO)c1c(O)c2c([nH]c1=O)CCCC2. The molecule has 0 bridgehead atoms. The predicted molar refractivity (Wildman–Crippen MR) is 77.7 cm³/mol. The van der Waals surface area contributed by atoms with Crippen LogP contribution in [0.1, 0.15) is 34.5 Å². The first-order valence-corrected chi connectivity index (χ1v) is 7.22. The van der Waals surface area contributed by atoms with E-state index in [1.54, 1.807) is 0 Å². The second-order valence-corrected chi connectivity index (χ2v) is 5.07. The molecule has 0 radical (unpaired) electrons. The van der Waals surface area contributed by atoms with Crippen LogP contribution in [0.4, 0.5) is 0 Å². The maximum absolute atomic E-state index is 12.0. The fraction of sp³-hybridized carbons (Fsp3) is 0.571. The van der Waals surface area contributed by atoms with Gasteiger partial charge in [-0.15, -0.1) is 0 Å². The molecular weight excluding hydrogens is 274 g/mol. The van der Waals surface area contributed by atoms with Gasteiger partial charge in [0.05, 0.1) is 6.61 Å². The highest BCUT2D eigenvalue weighted by atomic mass is 16.3. The summed E-state index contributed by atoms with van der Waals surface area (Å²) in [6.07, 6.45) is 3.32. The van der Waals surface area contributed by atoms with Crippen LogP contribution >= 0.6 is 0 Å². The average Bonchev–Trinajstić information content (AvgIpc) is 2.47.